The van der Waals surface area contributed by atoms with Gasteiger partial charge in [0.25, 0.3) is 5.56 Å². The van der Waals surface area contributed by atoms with Crippen LogP contribution < -0.4 is 10.3 Å². The van der Waals surface area contributed by atoms with Crippen molar-refractivity contribution in [2.75, 3.05) is 13.1 Å². The number of fused-ring (bicyclic) bond motifs is 1. The molecule has 2 aliphatic rings. The van der Waals surface area contributed by atoms with Gasteiger partial charge in [0.1, 0.15) is 17.5 Å². The summed E-state index contributed by atoms with van der Waals surface area (Å²) in [5.74, 6) is 0.874. The van der Waals surface area contributed by atoms with Crippen molar-refractivity contribution in [2.45, 2.75) is 76.3 Å². The molecule has 6 rings (SSSR count). The van der Waals surface area contributed by atoms with Gasteiger partial charge in [-0.3, -0.25) is 14.3 Å². The summed E-state index contributed by atoms with van der Waals surface area (Å²) in [6.07, 6.45) is 7.65. The Morgan fingerprint density at radius 2 is 1.70 bits per heavy atom. The van der Waals surface area contributed by atoms with Crippen molar-refractivity contribution in [3.05, 3.63) is 82.5 Å². The Hall–Kier alpha value is -3.53. The van der Waals surface area contributed by atoms with Crippen molar-refractivity contribution < 1.29 is 14.9 Å². The second-order valence-electron chi connectivity index (χ2n) is 11.5. The Labute approximate surface area is 233 Å². The highest BCUT2D eigenvalue weighted by molar-refractivity contribution is 5.74. The molecule has 2 aromatic carbocycles. The number of rotatable bonds is 7. The lowest BCUT2D eigenvalue weighted by atomic mass is 9.91. The smallest absolute Gasteiger partial charge is 0.264 e. The molecule has 40 heavy (non-hydrogen) atoms. The minimum absolute atomic E-state index is 0.180. The van der Waals surface area contributed by atoms with E-state index in [2.05, 4.69) is 27.1 Å². The number of hydrogen-bond donors (Lipinski definition) is 2. The van der Waals surface area contributed by atoms with Crippen LogP contribution in [-0.4, -0.2) is 65.3 Å². The predicted octanol–water partition coefficient (Wildman–Crippen LogP) is 3.60. The van der Waals surface area contributed by atoms with Crippen LogP contribution in [-0.2, 0) is 13.1 Å². The number of piperidine rings is 1. The van der Waals surface area contributed by atoms with Gasteiger partial charge in [-0.15, -0.1) is 0 Å². The first-order valence-corrected chi connectivity index (χ1v) is 14.2. The number of hydrogen-bond acceptors (Lipinski definition) is 7. The van der Waals surface area contributed by atoms with Crippen LogP contribution >= 0.6 is 0 Å². The van der Waals surface area contributed by atoms with Crippen molar-refractivity contribution in [3.63, 3.8) is 0 Å². The Morgan fingerprint density at radius 3 is 2.40 bits per heavy atom. The summed E-state index contributed by atoms with van der Waals surface area (Å²) in [5.41, 5.74) is 2.56. The Kier molecular flexibility index (Phi) is 7.44. The molecule has 3 heterocycles. The normalized spacial score (nSPS) is 21.5. The van der Waals surface area contributed by atoms with E-state index in [0.29, 0.717) is 23.9 Å². The zero-order valence-electron chi connectivity index (χ0n) is 22.9. The maximum absolute atomic E-state index is 13.2. The minimum Gasteiger partial charge on any atom is -0.490 e. The highest BCUT2D eigenvalue weighted by Gasteiger charge is 2.33. The van der Waals surface area contributed by atoms with Crippen molar-refractivity contribution >= 4 is 11.0 Å². The maximum atomic E-state index is 13.2. The second-order valence-corrected chi connectivity index (χ2v) is 11.5. The lowest BCUT2D eigenvalue weighted by Crippen LogP contribution is -2.47. The number of aryl methyl sites for hydroxylation is 1. The molecule has 2 fully saturated rings. The zero-order chi connectivity index (χ0) is 27.7. The standard InChI is InChI=1S/C31H37N5O4/c1-22-2-6-24(7-3-22)36-29-28(18-33-36)30(38)35(21-32-29)20-31(39)14-16-34(17-15-31)19-23-4-10-26(11-5-23)40-27-12-8-25(37)9-13-27/h2-7,10-11,18,21,25,27,37,39H,8-9,12-17,19-20H2,1H3. The third kappa shape index (κ3) is 5.82. The van der Waals surface area contributed by atoms with E-state index in [-0.39, 0.29) is 24.3 Å². The van der Waals surface area contributed by atoms with Crippen LogP contribution in [0.3, 0.4) is 0 Å². The Morgan fingerprint density at radius 1 is 1.00 bits per heavy atom. The van der Waals surface area contributed by atoms with E-state index in [9.17, 15) is 15.0 Å². The van der Waals surface area contributed by atoms with E-state index in [1.807, 2.05) is 43.3 Å². The van der Waals surface area contributed by atoms with Gasteiger partial charge >= 0.3 is 0 Å². The molecule has 2 aromatic heterocycles. The molecule has 0 atom stereocenters. The van der Waals surface area contributed by atoms with Gasteiger partial charge < -0.3 is 14.9 Å². The van der Waals surface area contributed by atoms with Crippen molar-refractivity contribution in [2.24, 2.45) is 0 Å². The largest absolute Gasteiger partial charge is 0.490 e. The van der Waals surface area contributed by atoms with Gasteiger partial charge in [-0.2, -0.15) is 5.10 Å². The van der Waals surface area contributed by atoms with Crippen LogP contribution in [0.5, 0.6) is 5.75 Å². The van der Waals surface area contributed by atoms with E-state index in [1.54, 1.807) is 10.9 Å². The quantitative estimate of drug-likeness (QED) is 0.367. The number of benzene rings is 2. The topological polar surface area (TPSA) is 106 Å². The average Bonchev–Trinajstić information content (AvgIpc) is 3.39. The number of ether oxygens (including phenoxy) is 1. The van der Waals surface area contributed by atoms with Gasteiger partial charge in [0.05, 0.1) is 36.2 Å². The molecule has 0 radical (unpaired) electrons. The van der Waals surface area contributed by atoms with E-state index in [1.165, 1.54) is 16.5 Å². The summed E-state index contributed by atoms with van der Waals surface area (Å²) in [4.78, 5) is 20.1. The Balaban J connectivity index is 1.05. The van der Waals surface area contributed by atoms with Gasteiger partial charge in [0.2, 0.25) is 0 Å². The monoisotopic (exact) mass is 543 g/mol. The molecule has 1 saturated carbocycles. The lowest BCUT2D eigenvalue weighted by molar-refractivity contribution is -0.0364. The fourth-order valence-corrected chi connectivity index (χ4v) is 5.83. The van der Waals surface area contributed by atoms with Crippen molar-refractivity contribution in [1.29, 1.82) is 0 Å². The summed E-state index contributed by atoms with van der Waals surface area (Å²) in [5, 5.41) is 25.9. The fraction of sp³-hybridized carbons (Fsp3) is 0.452. The summed E-state index contributed by atoms with van der Waals surface area (Å²) >= 11 is 0. The van der Waals surface area contributed by atoms with E-state index in [0.717, 1.165) is 62.3 Å². The van der Waals surface area contributed by atoms with Gasteiger partial charge in [0, 0.05) is 19.6 Å². The molecule has 0 amide bonds. The van der Waals surface area contributed by atoms with Crippen molar-refractivity contribution in [1.82, 2.24) is 24.2 Å². The number of nitrogens with zero attached hydrogens (tertiary/aromatic N) is 5. The molecule has 0 bridgehead atoms. The predicted molar refractivity (Wildman–Crippen MR) is 153 cm³/mol. The molecule has 2 N–H and O–H groups in total. The third-order valence-electron chi connectivity index (χ3n) is 8.36. The molecular weight excluding hydrogens is 506 g/mol. The van der Waals surface area contributed by atoms with Crippen molar-refractivity contribution in [3.8, 4) is 11.4 Å². The van der Waals surface area contributed by atoms with Gasteiger partial charge in [0.15, 0.2) is 5.65 Å². The van der Waals surface area contributed by atoms with Crippen LogP contribution in [0, 0.1) is 6.92 Å². The van der Waals surface area contributed by atoms with Crippen LogP contribution in [0.25, 0.3) is 16.7 Å². The zero-order valence-corrected chi connectivity index (χ0v) is 22.9. The Bertz CT molecular complexity index is 1500. The molecule has 1 aliphatic heterocycles. The molecule has 9 heteroatoms. The second kappa shape index (κ2) is 11.2. The number of likely N-dealkylation sites (tertiary alicyclic amines) is 1. The lowest BCUT2D eigenvalue weighted by Gasteiger charge is -2.38. The molecule has 0 unspecified atom stereocenters. The number of aliphatic hydroxyl groups is 2. The molecule has 0 spiro atoms. The van der Waals surface area contributed by atoms with Gasteiger partial charge in [-0.05, 0) is 75.3 Å². The summed E-state index contributed by atoms with van der Waals surface area (Å²) < 4.78 is 9.29. The minimum atomic E-state index is -0.964. The van der Waals surface area contributed by atoms with Crippen LogP contribution in [0.4, 0.5) is 0 Å². The molecule has 1 saturated heterocycles. The molecule has 210 valence electrons. The van der Waals surface area contributed by atoms with Crippen LogP contribution in [0.15, 0.2) is 65.8 Å². The third-order valence-corrected chi connectivity index (χ3v) is 8.36. The molecular formula is C31H37N5O4. The summed E-state index contributed by atoms with van der Waals surface area (Å²) in [6.45, 7) is 4.53. The van der Waals surface area contributed by atoms with Crippen LogP contribution in [0.2, 0.25) is 0 Å². The molecule has 4 aromatic rings. The first-order valence-electron chi connectivity index (χ1n) is 14.2. The maximum Gasteiger partial charge on any atom is 0.264 e. The number of aliphatic hydroxyl groups excluding tert-OH is 1. The van der Waals surface area contributed by atoms with Gasteiger partial charge in [-0.25, -0.2) is 9.67 Å². The first-order chi connectivity index (χ1) is 19.3. The number of aromatic nitrogens is 4. The van der Waals surface area contributed by atoms with Gasteiger partial charge in [-0.1, -0.05) is 29.8 Å². The van der Waals surface area contributed by atoms with E-state index < -0.39 is 5.60 Å². The molecule has 1 aliphatic carbocycles. The highest BCUT2D eigenvalue weighted by Crippen LogP contribution is 2.27. The molecule has 9 nitrogen and oxygen atoms in total. The average molecular weight is 544 g/mol. The van der Waals surface area contributed by atoms with E-state index in [4.69, 9.17) is 4.74 Å². The van der Waals surface area contributed by atoms with E-state index >= 15 is 0 Å². The van der Waals surface area contributed by atoms with Crippen LogP contribution in [0.1, 0.15) is 49.7 Å². The highest BCUT2D eigenvalue weighted by atomic mass is 16.5. The fourth-order valence-electron chi connectivity index (χ4n) is 5.83. The first kappa shape index (κ1) is 26.7. The summed E-state index contributed by atoms with van der Waals surface area (Å²) in [6, 6.07) is 16.2. The SMILES string of the molecule is Cc1ccc(-n2ncc3c(=O)n(CC4(O)CCN(Cc5ccc(OC6CCC(O)CC6)cc5)CC4)cnc32)cc1. The summed E-state index contributed by atoms with van der Waals surface area (Å²) in [7, 11) is 0.